The van der Waals surface area contributed by atoms with Gasteiger partial charge in [0.1, 0.15) is 0 Å². The van der Waals surface area contributed by atoms with E-state index in [1.807, 2.05) is 0 Å². The Morgan fingerprint density at radius 3 is 2.52 bits per heavy atom. The van der Waals surface area contributed by atoms with E-state index in [-0.39, 0.29) is 5.69 Å². The van der Waals surface area contributed by atoms with Gasteiger partial charge in [0.25, 0.3) is 5.69 Å². The summed E-state index contributed by atoms with van der Waals surface area (Å²) in [5.41, 5.74) is 6.96. The van der Waals surface area contributed by atoms with E-state index < -0.39 is 10.8 Å². The molecule has 2 aromatic rings. The fourth-order valence-electron chi connectivity index (χ4n) is 1.75. The average molecular weight is 283 g/mol. The van der Waals surface area contributed by atoms with Crippen LogP contribution in [-0.2, 0) is 4.79 Å². The van der Waals surface area contributed by atoms with Crippen LogP contribution >= 0.6 is 0 Å². The minimum Gasteiger partial charge on any atom is -0.397 e. The minimum absolute atomic E-state index is 0.0548. The van der Waals surface area contributed by atoms with Crippen LogP contribution in [0, 0.1) is 10.1 Å². The molecule has 0 aliphatic carbocycles. The minimum atomic E-state index is -0.493. The number of nitrogens with two attached hydrogens (primary N) is 1. The normalized spacial score (nSPS) is 10.5. The molecule has 0 heterocycles. The highest BCUT2D eigenvalue weighted by Gasteiger charge is 2.09. The molecule has 1 amide bonds. The lowest BCUT2D eigenvalue weighted by Gasteiger charge is -2.04. The molecule has 0 spiro atoms. The number of nitro groups is 1. The second-order valence-electron chi connectivity index (χ2n) is 4.23. The number of hydrogen-bond acceptors (Lipinski definition) is 4. The Labute approximate surface area is 121 Å². The highest BCUT2D eigenvalue weighted by atomic mass is 16.6. The van der Waals surface area contributed by atoms with Crippen LogP contribution in [0.2, 0.25) is 0 Å². The quantitative estimate of drug-likeness (QED) is 0.390. The number of hydrogen-bond donors (Lipinski definition) is 2. The molecule has 0 saturated carbocycles. The van der Waals surface area contributed by atoms with Gasteiger partial charge < -0.3 is 11.1 Å². The summed E-state index contributed by atoms with van der Waals surface area (Å²) in [5, 5.41) is 13.5. The van der Waals surface area contributed by atoms with Crippen LogP contribution < -0.4 is 11.1 Å². The molecule has 2 aromatic carbocycles. The molecule has 106 valence electrons. The van der Waals surface area contributed by atoms with Gasteiger partial charge in [-0.2, -0.15) is 0 Å². The molecular weight excluding hydrogens is 270 g/mol. The lowest BCUT2D eigenvalue weighted by atomic mass is 10.1. The van der Waals surface area contributed by atoms with Crippen LogP contribution in [0.4, 0.5) is 17.1 Å². The molecule has 6 nitrogen and oxygen atoms in total. The van der Waals surface area contributed by atoms with Crippen LogP contribution in [0.15, 0.2) is 54.6 Å². The number of carbonyl (C=O) groups excluding carboxylic acids is 1. The van der Waals surface area contributed by atoms with Crippen LogP contribution in [0.5, 0.6) is 0 Å². The standard InChI is InChI=1S/C15H13N3O3/c16-12-6-2-3-7-13(12)17-15(19)10-9-11-5-1-4-8-14(11)18(20)21/h1-10H,16H2,(H,17,19)/b10-9+. The summed E-state index contributed by atoms with van der Waals surface area (Å²) in [4.78, 5) is 22.2. The zero-order valence-corrected chi connectivity index (χ0v) is 11.0. The van der Waals surface area contributed by atoms with E-state index in [0.29, 0.717) is 16.9 Å². The van der Waals surface area contributed by atoms with Crippen molar-refractivity contribution in [2.24, 2.45) is 0 Å². The molecule has 0 fully saturated rings. The van der Waals surface area contributed by atoms with Crippen LogP contribution in [0.3, 0.4) is 0 Å². The zero-order chi connectivity index (χ0) is 15.2. The van der Waals surface area contributed by atoms with Gasteiger partial charge in [-0.25, -0.2) is 0 Å². The van der Waals surface area contributed by atoms with Gasteiger partial charge in [-0.1, -0.05) is 24.3 Å². The Morgan fingerprint density at radius 2 is 1.81 bits per heavy atom. The fraction of sp³-hybridized carbons (Fsp3) is 0. The van der Waals surface area contributed by atoms with Crippen molar-refractivity contribution in [2.75, 3.05) is 11.1 Å². The van der Waals surface area contributed by atoms with Crippen molar-refractivity contribution in [1.82, 2.24) is 0 Å². The smallest absolute Gasteiger partial charge is 0.276 e. The zero-order valence-electron chi connectivity index (χ0n) is 11.0. The molecule has 6 heteroatoms. The first-order chi connectivity index (χ1) is 10.1. The number of nitrogens with one attached hydrogen (secondary N) is 1. The number of amides is 1. The van der Waals surface area contributed by atoms with E-state index in [0.717, 1.165) is 0 Å². The summed E-state index contributed by atoms with van der Waals surface area (Å²) in [6.45, 7) is 0. The molecule has 21 heavy (non-hydrogen) atoms. The van der Waals surface area contributed by atoms with Crippen LogP contribution in [-0.4, -0.2) is 10.8 Å². The summed E-state index contributed by atoms with van der Waals surface area (Å²) in [7, 11) is 0. The largest absolute Gasteiger partial charge is 0.397 e. The third-order valence-corrected chi connectivity index (χ3v) is 2.77. The number of nitro benzene ring substituents is 1. The monoisotopic (exact) mass is 283 g/mol. The van der Waals surface area contributed by atoms with Gasteiger partial charge in [-0.15, -0.1) is 0 Å². The van der Waals surface area contributed by atoms with Gasteiger partial charge in [-0.3, -0.25) is 14.9 Å². The predicted octanol–water partition coefficient (Wildman–Crippen LogP) is 2.83. The number of anilines is 2. The van der Waals surface area contributed by atoms with Crippen molar-refractivity contribution in [3.05, 3.63) is 70.3 Å². The van der Waals surface area contributed by atoms with E-state index in [1.54, 1.807) is 42.5 Å². The number of rotatable bonds is 4. The van der Waals surface area contributed by atoms with Crippen LogP contribution in [0.25, 0.3) is 6.08 Å². The Kier molecular flexibility index (Phi) is 4.30. The molecule has 2 rings (SSSR count). The second-order valence-corrected chi connectivity index (χ2v) is 4.23. The number of benzene rings is 2. The maximum atomic E-state index is 11.8. The Bertz CT molecular complexity index is 711. The Hall–Kier alpha value is -3.15. The number of carbonyl (C=O) groups is 1. The maximum absolute atomic E-state index is 11.8. The first-order valence-corrected chi connectivity index (χ1v) is 6.15. The summed E-state index contributed by atoms with van der Waals surface area (Å²) in [6, 6.07) is 13.0. The van der Waals surface area contributed by atoms with Gasteiger partial charge in [-0.05, 0) is 24.3 Å². The summed E-state index contributed by atoms with van der Waals surface area (Å²) < 4.78 is 0. The maximum Gasteiger partial charge on any atom is 0.276 e. The topological polar surface area (TPSA) is 98.3 Å². The SMILES string of the molecule is Nc1ccccc1NC(=O)/C=C/c1ccccc1[N+](=O)[O-]. The van der Waals surface area contributed by atoms with Gasteiger partial charge in [0.05, 0.1) is 21.9 Å². The van der Waals surface area contributed by atoms with E-state index >= 15 is 0 Å². The summed E-state index contributed by atoms with van der Waals surface area (Å²) >= 11 is 0. The first-order valence-electron chi connectivity index (χ1n) is 6.15. The average Bonchev–Trinajstić information content (AvgIpc) is 2.48. The molecule has 0 unspecified atom stereocenters. The molecule has 0 atom stereocenters. The fourth-order valence-corrected chi connectivity index (χ4v) is 1.75. The highest BCUT2D eigenvalue weighted by molar-refractivity contribution is 6.03. The van der Waals surface area contributed by atoms with E-state index in [1.165, 1.54) is 18.2 Å². The van der Waals surface area contributed by atoms with Gasteiger partial charge >= 0.3 is 0 Å². The van der Waals surface area contributed by atoms with E-state index in [9.17, 15) is 14.9 Å². The molecule has 0 aliphatic heterocycles. The number of para-hydroxylation sites is 3. The molecular formula is C15H13N3O3. The Morgan fingerprint density at radius 1 is 1.14 bits per heavy atom. The predicted molar refractivity (Wildman–Crippen MR) is 81.6 cm³/mol. The first kappa shape index (κ1) is 14.3. The van der Waals surface area contributed by atoms with Gasteiger partial charge in [0, 0.05) is 12.1 Å². The van der Waals surface area contributed by atoms with Gasteiger partial charge in [0.15, 0.2) is 0 Å². The lowest BCUT2D eigenvalue weighted by molar-refractivity contribution is -0.385. The molecule has 3 N–H and O–H groups in total. The second kappa shape index (κ2) is 6.33. The third kappa shape index (κ3) is 3.66. The van der Waals surface area contributed by atoms with E-state index in [4.69, 9.17) is 5.73 Å². The van der Waals surface area contributed by atoms with Crippen molar-refractivity contribution in [3.8, 4) is 0 Å². The highest BCUT2D eigenvalue weighted by Crippen LogP contribution is 2.20. The lowest BCUT2D eigenvalue weighted by Crippen LogP contribution is -2.09. The molecule has 0 saturated heterocycles. The summed E-state index contributed by atoms with van der Waals surface area (Å²) in [6.07, 6.45) is 2.63. The van der Waals surface area contributed by atoms with E-state index in [2.05, 4.69) is 5.32 Å². The molecule has 0 aromatic heterocycles. The number of nitrogen functional groups attached to an aromatic ring is 1. The van der Waals surface area contributed by atoms with Crippen molar-refractivity contribution < 1.29 is 9.72 Å². The van der Waals surface area contributed by atoms with Crippen molar-refractivity contribution in [1.29, 1.82) is 0 Å². The number of nitrogens with zero attached hydrogens (tertiary/aromatic N) is 1. The van der Waals surface area contributed by atoms with Crippen molar-refractivity contribution in [2.45, 2.75) is 0 Å². The molecule has 0 radical (unpaired) electrons. The third-order valence-electron chi connectivity index (χ3n) is 2.77. The van der Waals surface area contributed by atoms with Gasteiger partial charge in [0.2, 0.25) is 5.91 Å². The molecule has 0 bridgehead atoms. The summed E-state index contributed by atoms with van der Waals surface area (Å²) in [5.74, 6) is -0.411. The van der Waals surface area contributed by atoms with Crippen LogP contribution in [0.1, 0.15) is 5.56 Å². The Balaban J connectivity index is 2.13. The van der Waals surface area contributed by atoms with Crippen molar-refractivity contribution >= 4 is 29.0 Å². The van der Waals surface area contributed by atoms with Crippen molar-refractivity contribution in [3.63, 3.8) is 0 Å². The molecule has 0 aliphatic rings.